The summed E-state index contributed by atoms with van der Waals surface area (Å²) in [5.74, 6) is -0.0953. The van der Waals surface area contributed by atoms with Crippen LogP contribution in [-0.2, 0) is 9.53 Å². The number of aromatic nitrogens is 1. The van der Waals surface area contributed by atoms with Gasteiger partial charge in [0, 0.05) is 21.5 Å². The van der Waals surface area contributed by atoms with Crippen molar-refractivity contribution in [3.05, 3.63) is 69.2 Å². The van der Waals surface area contributed by atoms with Crippen molar-refractivity contribution in [1.29, 1.82) is 0 Å². The first-order valence-corrected chi connectivity index (χ1v) is 6.99. The standard InChI is InChI=1S/C15H9IN2O2/c16-12-3-1-11(2-4-12)14-18-13(15(19)20-14)9-10-5-7-17-8-6-10/h1-9H/b13-9-. The van der Waals surface area contributed by atoms with Crippen LogP contribution in [-0.4, -0.2) is 16.9 Å². The fraction of sp³-hybridized carbons (Fsp3) is 0. The van der Waals surface area contributed by atoms with Gasteiger partial charge in [-0.15, -0.1) is 0 Å². The lowest BCUT2D eigenvalue weighted by atomic mass is 10.2. The summed E-state index contributed by atoms with van der Waals surface area (Å²) in [6, 6.07) is 11.2. The van der Waals surface area contributed by atoms with Gasteiger partial charge in [0.05, 0.1) is 0 Å². The van der Waals surface area contributed by atoms with Gasteiger partial charge < -0.3 is 4.74 Å². The first kappa shape index (κ1) is 13.0. The molecular weight excluding hydrogens is 367 g/mol. The Bertz CT molecular complexity index is 706. The summed E-state index contributed by atoms with van der Waals surface area (Å²) in [6.07, 6.45) is 5.01. The lowest BCUT2D eigenvalue weighted by Gasteiger charge is -1.98. The molecule has 0 aliphatic carbocycles. The predicted molar refractivity (Wildman–Crippen MR) is 84.0 cm³/mol. The number of hydrogen-bond donors (Lipinski definition) is 0. The molecular formula is C15H9IN2O2. The molecule has 4 nitrogen and oxygen atoms in total. The van der Waals surface area contributed by atoms with E-state index in [0.717, 1.165) is 14.7 Å². The molecule has 1 aliphatic rings. The Kier molecular flexibility index (Phi) is 3.60. The Labute approximate surface area is 129 Å². The Hall–Kier alpha value is -2.02. The van der Waals surface area contributed by atoms with Crippen LogP contribution in [0.3, 0.4) is 0 Å². The largest absolute Gasteiger partial charge is 0.402 e. The van der Waals surface area contributed by atoms with E-state index in [1.54, 1.807) is 30.6 Å². The molecule has 1 aliphatic heterocycles. The average Bonchev–Trinajstić information content (AvgIpc) is 2.82. The highest BCUT2D eigenvalue weighted by atomic mass is 127. The average molecular weight is 376 g/mol. The van der Waals surface area contributed by atoms with Gasteiger partial charge >= 0.3 is 5.97 Å². The third kappa shape index (κ3) is 2.77. The second-order valence-corrected chi connectivity index (χ2v) is 5.37. The van der Waals surface area contributed by atoms with Crippen molar-refractivity contribution >= 4 is 40.5 Å². The highest BCUT2D eigenvalue weighted by Crippen LogP contribution is 2.19. The van der Waals surface area contributed by atoms with Gasteiger partial charge in [-0.25, -0.2) is 9.79 Å². The SMILES string of the molecule is O=C1OC(c2ccc(I)cc2)=N/C1=C\c1ccncc1. The summed E-state index contributed by atoms with van der Waals surface area (Å²) < 4.78 is 6.31. The van der Waals surface area contributed by atoms with E-state index in [-0.39, 0.29) is 0 Å². The van der Waals surface area contributed by atoms with Crippen LogP contribution in [0, 0.1) is 3.57 Å². The number of nitrogens with zero attached hydrogens (tertiary/aromatic N) is 2. The minimum absolute atomic E-state index is 0.296. The van der Waals surface area contributed by atoms with Gasteiger partial charge in [-0.05, 0) is 70.6 Å². The van der Waals surface area contributed by atoms with Crippen molar-refractivity contribution in [2.75, 3.05) is 0 Å². The van der Waals surface area contributed by atoms with Crippen LogP contribution in [0.25, 0.3) is 6.08 Å². The molecule has 0 bridgehead atoms. The molecule has 0 spiro atoms. The highest BCUT2D eigenvalue weighted by Gasteiger charge is 2.23. The molecule has 0 amide bonds. The molecule has 0 saturated carbocycles. The van der Waals surface area contributed by atoms with Crippen LogP contribution in [0.15, 0.2) is 59.5 Å². The Morgan fingerprint density at radius 1 is 1.05 bits per heavy atom. The van der Waals surface area contributed by atoms with Gasteiger partial charge in [-0.2, -0.15) is 0 Å². The quantitative estimate of drug-likeness (QED) is 0.460. The van der Waals surface area contributed by atoms with E-state index in [0.29, 0.717) is 11.6 Å². The number of carbonyl (C=O) groups is 1. The fourth-order valence-electron chi connectivity index (χ4n) is 1.74. The van der Waals surface area contributed by atoms with Gasteiger partial charge in [0.15, 0.2) is 5.70 Å². The number of pyridine rings is 1. The van der Waals surface area contributed by atoms with E-state index in [9.17, 15) is 4.79 Å². The van der Waals surface area contributed by atoms with Gasteiger partial charge in [-0.1, -0.05) is 0 Å². The minimum Gasteiger partial charge on any atom is -0.402 e. The molecule has 0 radical (unpaired) electrons. The maximum Gasteiger partial charge on any atom is 0.363 e. The monoisotopic (exact) mass is 376 g/mol. The second-order valence-electron chi connectivity index (χ2n) is 4.12. The number of rotatable bonds is 2. The van der Waals surface area contributed by atoms with E-state index in [2.05, 4.69) is 32.6 Å². The number of aliphatic imine (C=N–C) groups is 1. The smallest absolute Gasteiger partial charge is 0.363 e. The maximum atomic E-state index is 11.8. The molecule has 5 heteroatoms. The molecule has 20 heavy (non-hydrogen) atoms. The first-order chi connectivity index (χ1) is 9.72. The highest BCUT2D eigenvalue weighted by molar-refractivity contribution is 14.1. The summed E-state index contributed by atoms with van der Waals surface area (Å²) in [5, 5.41) is 0. The number of benzene rings is 1. The number of hydrogen-bond acceptors (Lipinski definition) is 4. The summed E-state index contributed by atoms with van der Waals surface area (Å²) in [7, 11) is 0. The number of ether oxygens (including phenoxy) is 1. The van der Waals surface area contributed by atoms with Crippen molar-refractivity contribution < 1.29 is 9.53 Å². The number of esters is 1. The molecule has 1 aromatic heterocycles. The summed E-state index contributed by atoms with van der Waals surface area (Å²) >= 11 is 2.22. The lowest BCUT2D eigenvalue weighted by Crippen LogP contribution is -2.05. The molecule has 98 valence electrons. The van der Waals surface area contributed by atoms with Gasteiger partial charge in [-0.3, -0.25) is 4.98 Å². The van der Waals surface area contributed by atoms with Crippen LogP contribution >= 0.6 is 22.6 Å². The van der Waals surface area contributed by atoms with Crippen LogP contribution in [0.4, 0.5) is 0 Å². The minimum atomic E-state index is -0.435. The molecule has 0 saturated heterocycles. The number of carbonyl (C=O) groups excluding carboxylic acids is 1. The molecule has 0 atom stereocenters. The Morgan fingerprint density at radius 2 is 1.75 bits per heavy atom. The lowest BCUT2D eigenvalue weighted by molar-refractivity contribution is -0.129. The van der Waals surface area contributed by atoms with Crippen LogP contribution in [0.1, 0.15) is 11.1 Å². The third-order valence-corrected chi connectivity index (χ3v) is 3.44. The van der Waals surface area contributed by atoms with E-state index >= 15 is 0 Å². The zero-order chi connectivity index (χ0) is 13.9. The molecule has 3 rings (SSSR count). The molecule has 0 fully saturated rings. The van der Waals surface area contributed by atoms with E-state index in [1.165, 1.54) is 0 Å². The number of cyclic esters (lactones) is 1. The molecule has 2 aromatic rings. The number of halogens is 1. The van der Waals surface area contributed by atoms with Crippen molar-refractivity contribution in [2.24, 2.45) is 4.99 Å². The topological polar surface area (TPSA) is 51.5 Å². The van der Waals surface area contributed by atoms with Crippen molar-refractivity contribution in [3.63, 3.8) is 0 Å². The Balaban J connectivity index is 1.93. The first-order valence-electron chi connectivity index (χ1n) is 5.91. The van der Waals surface area contributed by atoms with E-state index in [4.69, 9.17) is 4.74 Å². The molecule has 0 N–H and O–H groups in total. The van der Waals surface area contributed by atoms with Gasteiger partial charge in [0.25, 0.3) is 0 Å². The summed E-state index contributed by atoms with van der Waals surface area (Å²) in [4.78, 5) is 20.0. The molecule has 2 heterocycles. The van der Waals surface area contributed by atoms with Crippen molar-refractivity contribution in [2.45, 2.75) is 0 Å². The maximum absolute atomic E-state index is 11.8. The normalized spacial score (nSPS) is 16.1. The zero-order valence-electron chi connectivity index (χ0n) is 10.3. The van der Waals surface area contributed by atoms with Crippen LogP contribution < -0.4 is 0 Å². The second kappa shape index (κ2) is 5.54. The summed E-state index contributed by atoms with van der Waals surface area (Å²) in [6.45, 7) is 0. The predicted octanol–water partition coefficient (Wildman–Crippen LogP) is 3.03. The third-order valence-electron chi connectivity index (χ3n) is 2.72. The Morgan fingerprint density at radius 3 is 2.45 bits per heavy atom. The molecule has 0 unspecified atom stereocenters. The molecule has 1 aromatic carbocycles. The van der Waals surface area contributed by atoms with E-state index < -0.39 is 5.97 Å². The van der Waals surface area contributed by atoms with Gasteiger partial charge in [0.1, 0.15) is 0 Å². The van der Waals surface area contributed by atoms with Crippen molar-refractivity contribution in [1.82, 2.24) is 4.98 Å². The van der Waals surface area contributed by atoms with Crippen molar-refractivity contribution in [3.8, 4) is 0 Å². The van der Waals surface area contributed by atoms with Crippen LogP contribution in [0.5, 0.6) is 0 Å². The van der Waals surface area contributed by atoms with E-state index in [1.807, 2.05) is 24.3 Å². The van der Waals surface area contributed by atoms with Crippen LogP contribution in [0.2, 0.25) is 0 Å². The summed E-state index contributed by atoms with van der Waals surface area (Å²) in [5.41, 5.74) is 1.95. The fourth-order valence-corrected chi connectivity index (χ4v) is 2.10. The van der Waals surface area contributed by atoms with Gasteiger partial charge in [0.2, 0.25) is 5.90 Å². The zero-order valence-corrected chi connectivity index (χ0v) is 12.4.